The number of anilines is 2. The number of imidazole rings is 1. The molecule has 1 aliphatic heterocycles. The zero-order valence-electron chi connectivity index (χ0n) is 17.4. The summed E-state index contributed by atoms with van der Waals surface area (Å²) in [6, 6.07) is 12.8. The van der Waals surface area contributed by atoms with Crippen LogP contribution < -0.4 is 15.1 Å². The van der Waals surface area contributed by atoms with E-state index in [1.807, 2.05) is 24.7 Å². The molecule has 6 heteroatoms. The Labute approximate surface area is 173 Å². The Morgan fingerprint density at radius 2 is 1.69 bits per heavy atom. The Hall–Kier alpha value is -2.86. The number of pyridine rings is 1. The molecule has 0 amide bonds. The summed E-state index contributed by atoms with van der Waals surface area (Å²) in [6.45, 7) is 10.8. The van der Waals surface area contributed by atoms with Crippen LogP contribution in [0.25, 0.3) is 0 Å². The van der Waals surface area contributed by atoms with Gasteiger partial charge < -0.3 is 19.7 Å². The molecule has 152 valence electrons. The molecule has 0 aliphatic carbocycles. The largest absolute Gasteiger partial charge is 0.368 e. The van der Waals surface area contributed by atoms with Crippen LogP contribution in [0.4, 0.5) is 11.5 Å². The Bertz CT molecular complexity index is 926. The minimum absolute atomic E-state index is 0.760. The lowest BCUT2D eigenvalue weighted by Gasteiger charge is -2.38. The lowest BCUT2D eigenvalue weighted by atomic mass is 10.1. The molecule has 0 bridgehead atoms. The second kappa shape index (κ2) is 9.09. The average Bonchev–Trinajstić information content (AvgIpc) is 3.22. The SMILES string of the molecule is CCn1ccnc1CNCc1cccnc1N1CCN(c2ccccc2C)CC1. The number of piperazine rings is 1. The molecule has 3 heterocycles. The van der Waals surface area contributed by atoms with Crippen molar-refractivity contribution in [2.45, 2.75) is 33.5 Å². The quantitative estimate of drug-likeness (QED) is 0.671. The van der Waals surface area contributed by atoms with Crippen molar-refractivity contribution in [3.8, 4) is 0 Å². The predicted molar refractivity (Wildman–Crippen MR) is 118 cm³/mol. The van der Waals surface area contributed by atoms with Crippen molar-refractivity contribution in [3.05, 3.63) is 71.9 Å². The van der Waals surface area contributed by atoms with Crippen LogP contribution in [-0.4, -0.2) is 40.7 Å². The molecule has 1 aromatic carbocycles. The minimum atomic E-state index is 0.760. The molecule has 6 nitrogen and oxygen atoms in total. The topological polar surface area (TPSA) is 49.2 Å². The molecule has 1 fully saturated rings. The number of aromatic nitrogens is 3. The number of aryl methyl sites for hydroxylation is 2. The van der Waals surface area contributed by atoms with Crippen LogP contribution in [-0.2, 0) is 19.6 Å². The van der Waals surface area contributed by atoms with Crippen LogP contribution in [0.5, 0.6) is 0 Å². The maximum atomic E-state index is 4.71. The molecule has 1 aliphatic rings. The second-order valence-electron chi connectivity index (χ2n) is 7.48. The number of hydrogen-bond acceptors (Lipinski definition) is 5. The van der Waals surface area contributed by atoms with Crippen LogP contribution in [0.1, 0.15) is 23.9 Å². The highest BCUT2D eigenvalue weighted by atomic mass is 15.3. The molecule has 3 aromatic rings. The molecule has 0 saturated carbocycles. The van der Waals surface area contributed by atoms with Crippen LogP contribution in [0, 0.1) is 6.92 Å². The molecule has 0 atom stereocenters. The van der Waals surface area contributed by atoms with Gasteiger partial charge in [-0.15, -0.1) is 0 Å². The molecule has 0 unspecified atom stereocenters. The van der Waals surface area contributed by atoms with Crippen LogP contribution in [0.15, 0.2) is 55.0 Å². The standard InChI is InChI=1S/C23H30N6/c1-3-27-12-11-25-22(27)18-24-17-20-8-6-10-26-23(20)29-15-13-28(14-16-29)21-9-5-4-7-19(21)2/h4-12,24H,3,13-18H2,1-2H3. The van der Waals surface area contributed by atoms with Crippen molar-refractivity contribution in [1.29, 1.82) is 0 Å². The van der Waals surface area contributed by atoms with Crippen molar-refractivity contribution in [1.82, 2.24) is 19.9 Å². The summed E-state index contributed by atoms with van der Waals surface area (Å²) >= 11 is 0. The number of hydrogen-bond donors (Lipinski definition) is 1. The fraction of sp³-hybridized carbons (Fsp3) is 0.391. The van der Waals surface area contributed by atoms with Gasteiger partial charge >= 0.3 is 0 Å². The normalized spacial score (nSPS) is 14.4. The third kappa shape index (κ3) is 4.43. The van der Waals surface area contributed by atoms with Crippen LogP contribution in [0.3, 0.4) is 0 Å². The van der Waals surface area contributed by atoms with E-state index in [4.69, 9.17) is 4.98 Å². The summed E-state index contributed by atoms with van der Waals surface area (Å²) in [7, 11) is 0. The predicted octanol–water partition coefficient (Wildman–Crippen LogP) is 3.22. The highest BCUT2D eigenvalue weighted by molar-refractivity contribution is 5.55. The van der Waals surface area contributed by atoms with Crippen molar-refractivity contribution < 1.29 is 0 Å². The second-order valence-corrected chi connectivity index (χ2v) is 7.48. The molecule has 2 aromatic heterocycles. The number of para-hydroxylation sites is 1. The molecule has 29 heavy (non-hydrogen) atoms. The Kier molecular flexibility index (Phi) is 6.10. The van der Waals surface area contributed by atoms with Crippen molar-refractivity contribution >= 4 is 11.5 Å². The van der Waals surface area contributed by atoms with Gasteiger partial charge in [0.05, 0.1) is 6.54 Å². The van der Waals surface area contributed by atoms with Gasteiger partial charge in [0.15, 0.2) is 0 Å². The number of nitrogens with one attached hydrogen (secondary N) is 1. The fourth-order valence-corrected chi connectivity index (χ4v) is 4.03. The van der Waals surface area contributed by atoms with Gasteiger partial charge in [-0.1, -0.05) is 24.3 Å². The first-order valence-corrected chi connectivity index (χ1v) is 10.5. The number of rotatable bonds is 7. The summed E-state index contributed by atoms with van der Waals surface area (Å²) in [4.78, 5) is 14.1. The Balaban J connectivity index is 1.38. The third-order valence-corrected chi connectivity index (χ3v) is 5.64. The zero-order valence-corrected chi connectivity index (χ0v) is 17.4. The van der Waals surface area contributed by atoms with Crippen molar-refractivity contribution in [2.24, 2.45) is 0 Å². The average molecular weight is 391 g/mol. The molecule has 0 radical (unpaired) electrons. The van der Waals surface area contributed by atoms with Crippen LogP contribution in [0.2, 0.25) is 0 Å². The zero-order chi connectivity index (χ0) is 20.1. The van der Waals surface area contributed by atoms with Gasteiger partial charge in [0.2, 0.25) is 0 Å². The fourth-order valence-electron chi connectivity index (χ4n) is 4.03. The van der Waals surface area contributed by atoms with E-state index in [9.17, 15) is 0 Å². The van der Waals surface area contributed by atoms with Gasteiger partial charge in [-0.3, -0.25) is 0 Å². The Morgan fingerprint density at radius 3 is 2.48 bits per heavy atom. The highest BCUT2D eigenvalue weighted by Crippen LogP contribution is 2.24. The molecular formula is C23H30N6. The van der Waals surface area contributed by atoms with Crippen LogP contribution >= 0.6 is 0 Å². The molecule has 0 spiro atoms. The first-order chi connectivity index (χ1) is 14.3. The lowest BCUT2D eigenvalue weighted by Crippen LogP contribution is -2.47. The minimum Gasteiger partial charge on any atom is -0.368 e. The monoisotopic (exact) mass is 390 g/mol. The van der Waals surface area contributed by atoms with E-state index in [-0.39, 0.29) is 0 Å². The molecule has 1 saturated heterocycles. The maximum absolute atomic E-state index is 4.71. The van der Waals surface area contributed by atoms with Gasteiger partial charge in [-0.2, -0.15) is 0 Å². The van der Waals surface area contributed by atoms with E-state index in [2.05, 4.69) is 68.8 Å². The maximum Gasteiger partial charge on any atom is 0.133 e. The lowest BCUT2D eigenvalue weighted by molar-refractivity contribution is 0.606. The third-order valence-electron chi connectivity index (χ3n) is 5.64. The van der Waals surface area contributed by atoms with Gasteiger partial charge in [0, 0.05) is 69.1 Å². The summed E-state index contributed by atoms with van der Waals surface area (Å²) in [5.41, 5.74) is 3.93. The van der Waals surface area contributed by atoms with E-state index in [1.165, 1.54) is 16.8 Å². The van der Waals surface area contributed by atoms with Crippen molar-refractivity contribution in [3.63, 3.8) is 0 Å². The summed E-state index contributed by atoms with van der Waals surface area (Å²) in [5.74, 6) is 2.17. The van der Waals surface area contributed by atoms with Gasteiger partial charge in [0.25, 0.3) is 0 Å². The Morgan fingerprint density at radius 1 is 0.897 bits per heavy atom. The summed E-state index contributed by atoms with van der Waals surface area (Å²) in [6.07, 6.45) is 5.79. The van der Waals surface area contributed by atoms with E-state index in [1.54, 1.807) is 0 Å². The number of benzene rings is 1. The van der Waals surface area contributed by atoms with Gasteiger partial charge in [-0.05, 0) is 31.5 Å². The molecule has 1 N–H and O–H groups in total. The van der Waals surface area contributed by atoms with E-state index >= 15 is 0 Å². The molecule has 4 rings (SSSR count). The smallest absolute Gasteiger partial charge is 0.133 e. The highest BCUT2D eigenvalue weighted by Gasteiger charge is 2.21. The van der Waals surface area contributed by atoms with E-state index in [0.717, 1.165) is 57.5 Å². The molecular weight excluding hydrogens is 360 g/mol. The summed E-state index contributed by atoms with van der Waals surface area (Å²) in [5, 5.41) is 3.54. The van der Waals surface area contributed by atoms with E-state index in [0.29, 0.717) is 0 Å². The first kappa shape index (κ1) is 19.5. The number of nitrogens with zero attached hydrogens (tertiary/aromatic N) is 5. The van der Waals surface area contributed by atoms with Gasteiger partial charge in [0.1, 0.15) is 11.6 Å². The van der Waals surface area contributed by atoms with E-state index < -0.39 is 0 Å². The van der Waals surface area contributed by atoms with Gasteiger partial charge in [-0.25, -0.2) is 9.97 Å². The summed E-state index contributed by atoms with van der Waals surface area (Å²) < 4.78 is 2.17. The first-order valence-electron chi connectivity index (χ1n) is 10.5. The van der Waals surface area contributed by atoms with Crippen molar-refractivity contribution in [2.75, 3.05) is 36.0 Å².